The summed E-state index contributed by atoms with van der Waals surface area (Å²) in [6.45, 7) is 5.65. The minimum atomic E-state index is -5.08. The average Bonchev–Trinajstić information content (AvgIpc) is 3.72. The van der Waals surface area contributed by atoms with Crippen molar-refractivity contribution in [3.8, 4) is 28.3 Å². The van der Waals surface area contributed by atoms with Gasteiger partial charge in [0.1, 0.15) is 5.82 Å². The molecule has 0 aliphatic rings. The summed E-state index contributed by atoms with van der Waals surface area (Å²) < 4.78 is 44.6. The highest BCUT2D eigenvalue weighted by Gasteiger charge is 2.42. The van der Waals surface area contributed by atoms with Gasteiger partial charge in [-0.2, -0.15) is 18.4 Å². The van der Waals surface area contributed by atoms with E-state index in [9.17, 15) is 22.8 Å². The number of rotatable bonds is 10. The zero-order valence-corrected chi connectivity index (χ0v) is 23.3. The molecule has 0 atom stereocenters. The van der Waals surface area contributed by atoms with Crippen LogP contribution in [0, 0.1) is 0 Å². The van der Waals surface area contributed by atoms with E-state index in [2.05, 4.69) is 25.6 Å². The molecule has 0 unspecified atom stereocenters. The van der Waals surface area contributed by atoms with Gasteiger partial charge in [-0.25, -0.2) is 4.79 Å². The zero-order chi connectivity index (χ0) is 30.0. The number of benzene rings is 1. The van der Waals surface area contributed by atoms with Gasteiger partial charge in [0.25, 0.3) is 5.78 Å². The number of aryl methyl sites for hydroxylation is 1. The molecule has 10 nitrogen and oxygen atoms in total. The third kappa shape index (κ3) is 5.54. The van der Waals surface area contributed by atoms with Crippen LogP contribution in [0.5, 0.6) is 0 Å². The van der Waals surface area contributed by atoms with Crippen LogP contribution in [-0.4, -0.2) is 51.3 Å². The SMILES string of the molecule is CCCCc1cn(-c2c(C(=O)C(F)(F)F)ccn2C(C)C)c(=O)n1Cc1ccc(-c2ccccc2-c2nn[nH]n2)cn1. The van der Waals surface area contributed by atoms with Crippen LogP contribution in [0.1, 0.15) is 61.4 Å². The van der Waals surface area contributed by atoms with Crippen molar-refractivity contribution in [2.45, 2.75) is 58.8 Å². The Hall–Kier alpha value is -4.81. The number of nitrogens with one attached hydrogen (secondary N) is 1. The van der Waals surface area contributed by atoms with E-state index in [4.69, 9.17) is 0 Å². The molecule has 4 heterocycles. The van der Waals surface area contributed by atoms with Crippen LogP contribution in [-0.2, 0) is 13.0 Å². The van der Waals surface area contributed by atoms with Gasteiger partial charge >= 0.3 is 11.9 Å². The molecule has 0 fully saturated rings. The second kappa shape index (κ2) is 11.6. The summed E-state index contributed by atoms with van der Waals surface area (Å²) in [6.07, 6.45) is 1.69. The predicted octanol–water partition coefficient (Wildman–Crippen LogP) is 5.40. The number of halogens is 3. The molecule has 0 radical (unpaired) electrons. The summed E-state index contributed by atoms with van der Waals surface area (Å²) in [5, 5.41) is 14.2. The van der Waals surface area contributed by atoms with E-state index in [0.717, 1.165) is 40.2 Å². The predicted molar refractivity (Wildman–Crippen MR) is 149 cm³/mol. The van der Waals surface area contributed by atoms with Crippen molar-refractivity contribution in [1.29, 1.82) is 0 Å². The van der Waals surface area contributed by atoms with Crippen molar-refractivity contribution in [2.24, 2.45) is 0 Å². The van der Waals surface area contributed by atoms with Gasteiger partial charge in [-0.05, 0) is 49.6 Å². The molecule has 5 aromatic rings. The minimum absolute atomic E-state index is 0.0998. The number of carbonyl (C=O) groups excluding carboxylic acids is 1. The van der Waals surface area contributed by atoms with Crippen LogP contribution in [0.4, 0.5) is 13.2 Å². The van der Waals surface area contributed by atoms with E-state index >= 15 is 0 Å². The number of tetrazole rings is 1. The van der Waals surface area contributed by atoms with E-state index in [1.807, 2.05) is 37.3 Å². The normalized spacial score (nSPS) is 11.9. The summed E-state index contributed by atoms with van der Waals surface area (Å²) in [6, 6.07) is 12.0. The van der Waals surface area contributed by atoms with Gasteiger partial charge in [0.2, 0.25) is 5.82 Å². The zero-order valence-electron chi connectivity index (χ0n) is 23.3. The molecule has 1 aromatic carbocycles. The molecule has 42 heavy (non-hydrogen) atoms. The Morgan fingerprint density at radius 3 is 2.45 bits per heavy atom. The highest BCUT2D eigenvalue weighted by atomic mass is 19.4. The number of unbranched alkanes of at least 4 members (excludes halogenated alkanes) is 1. The summed E-state index contributed by atoms with van der Waals surface area (Å²) in [5.41, 5.74) is 2.53. The lowest BCUT2D eigenvalue weighted by molar-refractivity contribution is -0.0885. The average molecular weight is 579 g/mol. The molecule has 1 N–H and O–H groups in total. The lowest BCUT2D eigenvalue weighted by atomic mass is 10.0. The number of hydrogen-bond acceptors (Lipinski definition) is 6. The summed E-state index contributed by atoms with van der Waals surface area (Å²) in [5.74, 6) is -1.65. The van der Waals surface area contributed by atoms with Gasteiger partial charge < -0.3 is 4.57 Å². The van der Waals surface area contributed by atoms with Crippen molar-refractivity contribution >= 4 is 5.78 Å². The maximum absolute atomic E-state index is 13.8. The van der Waals surface area contributed by atoms with E-state index in [-0.39, 0.29) is 18.4 Å². The number of Topliss-reactive ketones (excluding diaryl/α,β-unsaturated/α-hetero) is 1. The highest BCUT2D eigenvalue weighted by molar-refractivity contribution is 6.03. The molecule has 5 rings (SSSR count). The molecule has 0 bridgehead atoms. The lowest BCUT2D eigenvalue weighted by Gasteiger charge is -2.15. The molecule has 13 heteroatoms. The fraction of sp³-hybridized carbons (Fsp3) is 0.310. The Labute approximate surface area is 238 Å². The second-order valence-corrected chi connectivity index (χ2v) is 10.2. The van der Waals surface area contributed by atoms with E-state index in [1.54, 1.807) is 26.1 Å². The number of aromatic amines is 1. The molecule has 0 spiro atoms. The molecule has 218 valence electrons. The Morgan fingerprint density at radius 2 is 1.83 bits per heavy atom. The van der Waals surface area contributed by atoms with Crippen molar-refractivity contribution in [3.63, 3.8) is 0 Å². The quantitative estimate of drug-likeness (QED) is 0.222. The molecule has 0 amide bonds. The van der Waals surface area contributed by atoms with Gasteiger partial charge in [0.05, 0.1) is 17.8 Å². The fourth-order valence-electron chi connectivity index (χ4n) is 4.89. The van der Waals surface area contributed by atoms with Crippen molar-refractivity contribution in [3.05, 3.63) is 88.5 Å². The standard InChI is InChI=1S/C29H29F3N8O2/c1-4-5-8-21-17-40(27-24(25(41)29(30,31)32)13-14-38(27)18(2)3)28(42)39(21)16-20-12-11-19(15-33-20)22-9-6-7-10-23(22)26-34-36-37-35-26/h6-7,9-15,17-18H,4-5,8,16H2,1-3H3,(H,34,35,36,37). The first-order valence-electron chi connectivity index (χ1n) is 13.5. The molecular formula is C29H29F3N8O2. The smallest absolute Gasteiger partial charge is 0.331 e. The van der Waals surface area contributed by atoms with Crippen molar-refractivity contribution < 1.29 is 18.0 Å². The highest BCUT2D eigenvalue weighted by Crippen LogP contribution is 2.30. The minimum Gasteiger partial charge on any atom is -0.331 e. The first-order chi connectivity index (χ1) is 20.1. The molecule has 0 aliphatic carbocycles. The topological polar surface area (TPSA) is 116 Å². The van der Waals surface area contributed by atoms with Gasteiger partial charge in [-0.1, -0.05) is 43.7 Å². The van der Waals surface area contributed by atoms with Gasteiger partial charge in [-0.15, -0.1) is 10.2 Å². The van der Waals surface area contributed by atoms with Crippen LogP contribution < -0.4 is 5.69 Å². The number of H-pyrrole nitrogens is 1. The summed E-state index contributed by atoms with van der Waals surface area (Å²) in [4.78, 5) is 30.7. The van der Waals surface area contributed by atoms with Crippen LogP contribution >= 0.6 is 0 Å². The monoisotopic (exact) mass is 578 g/mol. The van der Waals surface area contributed by atoms with Crippen LogP contribution in [0.2, 0.25) is 0 Å². The number of aromatic nitrogens is 8. The van der Waals surface area contributed by atoms with Gasteiger partial charge in [-0.3, -0.25) is 18.9 Å². The number of ketones is 1. The van der Waals surface area contributed by atoms with Crippen LogP contribution in [0.15, 0.2) is 65.8 Å². The first-order valence-corrected chi connectivity index (χ1v) is 13.5. The summed E-state index contributed by atoms with van der Waals surface area (Å²) in [7, 11) is 0. The molecule has 0 saturated heterocycles. The Balaban J connectivity index is 1.54. The largest absolute Gasteiger partial charge is 0.455 e. The number of alkyl halides is 3. The van der Waals surface area contributed by atoms with Crippen molar-refractivity contribution in [2.75, 3.05) is 0 Å². The van der Waals surface area contributed by atoms with E-state index in [1.165, 1.54) is 21.5 Å². The second-order valence-electron chi connectivity index (χ2n) is 10.2. The summed E-state index contributed by atoms with van der Waals surface area (Å²) >= 11 is 0. The maximum atomic E-state index is 13.8. The number of pyridine rings is 1. The maximum Gasteiger partial charge on any atom is 0.455 e. The molecule has 4 aromatic heterocycles. The third-order valence-corrected chi connectivity index (χ3v) is 6.99. The number of carbonyl (C=O) groups is 1. The first kappa shape index (κ1) is 28.7. The van der Waals surface area contributed by atoms with E-state index in [0.29, 0.717) is 23.6 Å². The fourth-order valence-corrected chi connectivity index (χ4v) is 4.89. The van der Waals surface area contributed by atoms with Gasteiger partial charge in [0, 0.05) is 41.5 Å². The number of nitrogens with zero attached hydrogens (tertiary/aromatic N) is 7. The molecular weight excluding hydrogens is 549 g/mol. The molecule has 0 aliphatic heterocycles. The third-order valence-electron chi connectivity index (χ3n) is 6.99. The lowest BCUT2D eigenvalue weighted by Crippen LogP contribution is -2.29. The van der Waals surface area contributed by atoms with E-state index < -0.39 is 23.2 Å². The van der Waals surface area contributed by atoms with Gasteiger partial charge in [0.15, 0.2) is 0 Å². The number of imidazole rings is 1. The van der Waals surface area contributed by atoms with Crippen molar-refractivity contribution in [1.82, 2.24) is 39.3 Å². The number of hydrogen-bond donors (Lipinski definition) is 1. The molecule has 0 saturated carbocycles. The van der Waals surface area contributed by atoms with Crippen LogP contribution in [0.25, 0.3) is 28.3 Å². The Kier molecular flexibility index (Phi) is 7.92. The Morgan fingerprint density at radius 1 is 1.07 bits per heavy atom. The van der Waals surface area contributed by atoms with Crippen LogP contribution in [0.3, 0.4) is 0 Å². The Bertz CT molecular complexity index is 1750.